The molecule has 5 nitrogen and oxygen atoms in total. The fourth-order valence-electron chi connectivity index (χ4n) is 1.76. The third kappa shape index (κ3) is 2.76. The van der Waals surface area contributed by atoms with Crippen molar-refractivity contribution < 1.29 is 14.3 Å². The molecule has 0 radical (unpaired) electrons. The first-order chi connectivity index (χ1) is 8.16. The molecule has 2 rings (SSSR count). The summed E-state index contributed by atoms with van der Waals surface area (Å²) in [7, 11) is 1.94. The SMILES string of the molecule is CN(Cc1cc[nH]c1)Cc1ccoc1C(=O)O. The Morgan fingerprint density at radius 1 is 1.47 bits per heavy atom. The van der Waals surface area contributed by atoms with Crippen molar-refractivity contribution in [3.63, 3.8) is 0 Å². The maximum absolute atomic E-state index is 10.9. The smallest absolute Gasteiger partial charge is 0.372 e. The number of aromatic amines is 1. The van der Waals surface area contributed by atoms with Gasteiger partial charge in [0.1, 0.15) is 0 Å². The molecule has 0 amide bonds. The van der Waals surface area contributed by atoms with Gasteiger partial charge in [0, 0.05) is 31.0 Å². The van der Waals surface area contributed by atoms with E-state index in [2.05, 4.69) is 4.98 Å². The third-order valence-corrected chi connectivity index (χ3v) is 2.50. The second kappa shape index (κ2) is 4.88. The van der Waals surface area contributed by atoms with E-state index in [1.807, 2.05) is 30.4 Å². The zero-order chi connectivity index (χ0) is 12.3. The minimum absolute atomic E-state index is 0.0194. The lowest BCUT2D eigenvalue weighted by molar-refractivity contribution is 0.0659. The average molecular weight is 234 g/mol. The molecule has 2 aromatic heterocycles. The highest BCUT2D eigenvalue weighted by Gasteiger charge is 2.15. The van der Waals surface area contributed by atoms with E-state index in [1.54, 1.807) is 6.07 Å². The van der Waals surface area contributed by atoms with Gasteiger partial charge >= 0.3 is 5.97 Å². The zero-order valence-corrected chi connectivity index (χ0v) is 9.51. The number of carboxylic acids is 1. The normalized spacial score (nSPS) is 10.9. The minimum atomic E-state index is -1.03. The van der Waals surface area contributed by atoms with Crippen molar-refractivity contribution in [2.24, 2.45) is 0 Å². The summed E-state index contributed by atoms with van der Waals surface area (Å²) in [6.07, 6.45) is 5.19. The summed E-state index contributed by atoms with van der Waals surface area (Å²) >= 11 is 0. The van der Waals surface area contributed by atoms with Crippen LogP contribution in [-0.2, 0) is 13.1 Å². The number of rotatable bonds is 5. The van der Waals surface area contributed by atoms with Crippen LogP contribution in [0.25, 0.3) is 0 Å². The first-order valence-corrected chi connectivity index (χ1v) is 5.26. The topological polar surface area (TPSA) is 69.5 Å². The number of hydrogen-bond donors (Lipinski definition) is 2. The Morgan fingerprint density at radius 3 is 2.94 bits per heavy atom. The van der Waals surface area contributed by atoms with Crippen LogP contribution in [0.2, 0.25) is 0 Å². The van der Waals surface area contributed by atoms with Crippen LogP contribution in [0.3, 0.4) is 0 Å². The highest BCUT2D eigenvalue weighted by Crippen LogP contribution is 2.14. The Morgan fingerprint density at radius 2 is 2.29 bits per heavy atom. The van der Waals surface area contributed by atoms with E-state index in [1.165, 1.54) is 6.26 Å². The summed E-state index contributed by atoms with van der Waals surface area (Å²) in [5.41, 5.74) is 1.85. The Kier molecular flexibility index (Phi) is 3.30. The Bertz CT molecular complexity index is 488. The maximum Gasteiger partial charge on any atom is 0.372 e. The molecule has 0 atom stereocenters. The van der Waals surface area contributed by atoms with Gasteiger partial charge in [-0.3, -0.25) is 4.90 Å². The van der Waals surface area contributed by atoms with Gasteiger partial charge in [-0.1, -0.05) is 0 Å². The molecule has 17 heavy (non-hydrogen) atoms. The predicted octanol–water partition coefficient (Wildman–Crippen LogP) is 1.94. The number of aromatic nitrogens is 1. The molecule has 2 heterocycles. The molecule has 0 fully saturated rings. The second-order valence-corrected chi connectivity index (χ2v) is 3.97. The summed E-state index contributed by atoms with van der Waals surface area (Å²) in [6, 6.07) is 3.68. The number of hydrogen-bond acceptors (Lipinski definition) is 3. The first kappa shape index (κ1) is 11.5. The van der Waals surface area contributed by atoms with Gasteiger partial charge in [-0.05, 0) is 24.7 Å². The standard InChI is InChI=1S/C12H14N2O3/c1-14(7-9-2-4-13-6-9)8-10-3-5-17-11(10)12(15)16/h2-6,13H,7-8H2,1H3,(H,15,16). The number of carbonyl (C=O) groups is 1. The zero-order valence-electron chi connectivity index (χ0n) is 9.51. The molecular formula is C12H14N2O3. The van der Waals surface area contributed by atoms with Crippen molar-refractivity contribution in [3.8, 4) is 0 Å². The predicted molar refractivity (Wildman–Crippen MR) is 61.6 cm³/mol. The van der Waals surface area contributed by atoms with Crippen LogP contribution in [0, 0.1) is 0 Å². The van der Waals surface area contributed by atoms with Crippen molar-refractivity contribution in [2.45, 2.75) is 13.1 Å². The average Bonchev–Trinajstić information content (AvgIpc) is 2.88. The molecule has 2 N–H and O–H groups in total. The minimum Gasteiger partial charge on any atom is -0.475 e. The van der Waals surface area contributed by atoms with Gasteiger partial charge in [0.15, 0.2) is 0 Å². The summed E-state index contributed by atoms with van der Waals surface area (Å²) < 4.78 is 4.93. The maximum atomic E-state index is 10.9. The lowest BCUT2D eigenvalue weighted by atomic mass is 10.2. The van der Waals surface area contributed by atoms with E-state index in [4.69, 9.17) is 9.52 Å². The molecule has 2 aromatic rings. The van der Waals surface area contributed by atoms with E-state index < -0.39 is 5.97 Å². The van der Waals surface area contributed by atoms with Crippen LogP contribution in [0.15, 0.2) is 35.2 Å². The number of nitrogens with one attached hydrogen (secondary N) is 1. The fourth-order valence-corrected chi connectivity index (χ4v) is 1.76. The second-order valence-electron chi connectivity index (χ2n) is 3.97. The Hall–Kier alpha value is -2.01. The lowest BCUT2D eigenvalue weighted by Crippen LogP contribution is -2.18. The van der Waals surface area contributed by atoms with E-state index >= 15 is 0 Å². The van der Waals surface area contributed by atoms with E-state index in [9.17, 15) is 4.79 Å². The molecule has 0 unspecified atom stereocenters. The van der Waals surface area contributed by atoms with Crippen molar-refractivity contribution in [1.82, 2.24) is 9.88 Å². The van der Waals surface area contributed by atoms with Gasteiger partial charge in [-0.2, -0.15) is 0 Å². The monoisotopic (exact) mass is 234 g/mol. The number of aromatic carboxylic acids is 1. The quantitative estimate of drug-likeness (QED) is 0.829. The molecule has 0 aliphatic rings. The summed E-state index contributed by atoms with van der Waals surface area (Å²) in [5.74, 6) is -1.01. The fraction of sp³-hybridized carbons (Fsp3) is 0.250. The molecule has 5 heteroatoms. The highest BCUT2D eigenvalue weighted by molar-refractivity contribution is 5.86. The number of nitrogens with zero attached hydrogens (tertiary/aromatic N) is 1. The lowest BCUT2D eigenvalue weighted by Gasteiger charge is -2.14. The molecule has 0 aliphatic heterocycles. The van der Waals surface area contributed by atoms with Crippen molar-refractivity contribution >= 4 is 5.97 Å². The van der Waals surface area contributed by atoms with E-state index in [-0.39, 0.29) is 5.76 Å². The third-order valence-electron chi connectivity index (χ3n) is 2.50. The van der Waals surface area contributed by atoms with Crippen LogP contribution < -0.4 is 0 Å². The van der Waals surface area contributed by atoms with Gasteiger partial charge < -0.3 is 14.5 Å². The van der Waals surface area contributed by atoms with Gasteiger partial charge in [0.2, 0.25) is 5.76 Å². The summed E-state index contributed by atoms with van der Waals surface area (Å²) in [4.78, 5) is 15.9. The van der Waals surface area contributed by atoms with E-state index in [0.29, 0.717) is 12.1 Å². The molecular weight excluding hydrogens is 220 g/mol. The van der Waals surface area contributed by atoms with Crippen molar-refractivity contribution in [2.75, 3.05) is 7.05 Å². The van der Waals surface area contributed by atoms with Gasteiger partial charge in [-0.25, -0.2) is 4.79 Å². The van der Waals surface area contributed by atoms with Crippen molar-refractivity contribution in [1.29, 1.82) is 0 Å². The van der Waals surface area contributed by atoms with Crippen molar-refractivity contribution in [3.05, 3.63) is 47.7 Å². The van der Waals surface area contributed by atoms with Gasteiger partial charge in [0.25, 0.3) is 0 Å². The van der Waals surface area contributed by atoms with Gasteiger partial charge in [0.05, 0.1) is 6.26 Å². The summed E-state index contributed by atoms with van der Waals surface area (Å²) in [6.45, 7) is 1.30. The molecule has 0 bridgehead atoms. The molecule has 0 spiro atoms. The van der Waals surface area contributed by atoms with Crippen LogP contribution in [0.1, 0.15) is 21.7 Å². The van der Waals surface area contributed by atoms with E-state index in [0.717, 1.165) is 12.1 Å². The van der Waals surface area contributed by atoms with Crippen LogP contribution in [0.4, 0.5) is 0 Å². The highest BCUT2D eigenvalue weighted by atomic mass is 16.4. The molecule has 0 saturated heterocycles. The summed E-state index contributed by atoms with van der Waals surface area (Å²) in [5, 5.41) is 8.91. The Labute approximate surface area is 98.7 Å². The van der Waals surface area contributed by atoms with Crippen LogP contribution in [0.5, 0.6) is 0 Å². The number of carboxylic acid groups (broad SMARTS) is 1. The van der Waals surface area contributed by atoms with Crippen LogP contribution in [-0.4, -0.2) is 28.0 Å². The van der Waals surface area contributed by atoms with Crippen LogP contribution >= 0.6 is 0 Å². The molecule has 0 saturated carbocycles. The molecule has 0 aromatic carbocycles. The number of furan rings is 1. The largest absolute Gasteiger partial charge is 0.475 e. The molecule has 90 valence electrons. The first-order valence-electron chi connectivity index (χ1n) is 5.26. The number of H-pyrrole nitrogens is 1. The van der Waals surface area contributed by atoms with Gasteiger partial charge in [-0.15, -0.1) is 0 Å². The molecule has 0 aliphatic carbocycles. The Balaban J connectivity index is 2.00.